The zero-order chi connectivity index (χ0) is 11.4. The van der Waals surface area contributed by atoms with Crippen LogP contribution in [0.15, 0.2) is 48.1 Å². The second-order valence-electron chi connectivity index (χ2n) is 2.96. The van der Waals surface area contributed by atoms with Gasteiger partial charge < -0.3 is 5.21 Å². The third kappa shape index (κ3) is 1.81. The summed E-state index contributed by atoms with van der Waals surface area (Å²) in [7, 11) is 0. The van der Waals surface area contributed by atoms with Gasteiger partial charge in [0.25, 0.3) is 0 Å². The maximum Gasteiger partial charge on any atom is 0.242 e. The van der Waals surface area contributed by atoms with Gasteiger partial charge in [-0.25, -0.2) is 4.98 Å². The maximum absolute atomic E-state index is 11.9. The van der Waals surface area contributed by atoms with Gasteiger partial charge in [0.1, 0.15) is 12.7 Å². The van der Waals surface area contributed by atoms with Gasteiger partial charge in [-0.1, -0.05) is 35.5 Å². The van der Waals surface area contributed by atoms with Gasteiger partial charge in [-0.05, 0) is 0 Å². The first kappa shape index (κ1) is 10.0. The topological polar surface area (TPSA) is 80.4 Å². The van der Waals surface area contributed by atoms with Gasteiger partial charge in [0.05, 0.1) is 0 Å². The number of ketones is 1. The Bertz CT molecular complexity index is 505. The van der Waals surface area contributed by atoms with Crippen LogP contribution in [-0.4, -0.2) is 31.6 Å². The van der Waals surface area contributed by atoms with E-state index in [1.54, 1.807) is 30.3 Å². The van der Waals surface area contributed by atoms with Crippen molar-refractivity contribution >= 4 is 11.6 Å². The van der Waals surface area contributed by atoms with E-state index in [2.05, 4.69) is 15.2 Å². The number of hydrogen-bond acceptors (Lipinski definition) is 5. The van der Waals surface area contributed by atoms with Crippen molar-refractivity contribution in [1.82, 2.24) is 14.8 Å². The third-order valence-corrected chi connectivity index (χ3v) is 1.97. The molecule has 1 N–H and O–H groups in total. The minimum atomic E-state index is -0.423. The third-order valence-electron chi connectivity index (χ3n) is 1.97. The van der Waals surface area contributed by atoms with Gasteiger partial charge >= 0.3 is 0 Å². The lowest BCUT2D eigenvalue weighted by Gasteiger charge is -2.02. The summed E-state index contributed by atoms with van der Waals surface area (Å²) in [6.45, 7) is 0. The van der Waals surface area contributed by atoms with Gasteiger partial charge in [-0.3, -0.25) is 4.79 Å². The molecule has 0 amide bonds. The van der Waals surface area contributed by atoms with Crippen LogP contribution >= 0.6 is 0 Å². The highest BCUT2D eigenvalue weighted by atomic mass is 16.4. The monoisotopic (exact) mass is 216 g/mol. The molecule has 0 saturated carbocycles. The maximum atomic E-state index is 11.9. The number of carbonyl (C=O) groups is 1. The van der Waals surface area contributed by atoms with Crippen LogP contribution in [-0.2, 0) is 0 Å². The predicted molar refractivity (Wildman–Crippen MR) is 55.4 cm³/mol. The zero-order valence-electron chi connectivity index (χ0n) is 8.19. The quantitative estimate of drug-likeness (QED) is 0.264. The zero-order valence-corrected chi connectivity index (χ0v) is 8.19. The van der Waals surface area contributed by atoms with E-state index in [0.717, 1.165) is 4.68 Å². The standard InChI is InChI=1S/C10H8N4O2/c15-9(8-4-2-1-3-5-8)10(13-16)14-7-11-6-12-14/h1-7,16H/b13-10+. The highest BCUT2D eigenvalue weighted by Crippen LogP contribution is 2.02. The molecular formula is C10H8N4O2. The minimum Gasteiger partial charge on any atom is -0.409 e. The van der Waals surface area contributed by atoms with Gasteiger partial charge in [0, 0.05) is 5.56 Å². The molecule has 80 valence electrons. The normalized spacial score (nSPS) is 11.4. The molecule has 0 spiro atoms. The van der Waals surface area contributed by atoms with E-state index in [0.29, 0.717) is 5.56 Å². The Balaban J connectivity index is 2.35. The summed E-state index contributed by atoms with van der Waals surface area (Å²) in [6, 6.07) is 8.50. The number of aromatic nitrogens is 3. The highest BCUT2D eigenvalue weighted by molar-refractivity contribution is 6.45. The molecule has 0 aliphatic carbocycles. The van der Waals surface area contributed by atoms with E-state index in [1.165, 1.54) is 12.7 Å². The van der Waals surface area contributed by atoms with Crippen molar-refractivity contribution in [3.8, 4) is 0 Å². The molecule has 1 heterocycles. The molecule has 6 nitrogen and oxygen atoms in total. The molecule has 0 radical (unpaired) electrons. The van der Waals surface area contributed by atoms with Crippen molar-refractivity contribution in [1.29, 1.82) is 0 Å². The average molecular weight is 216 g/mol. The lowest BCUT2D eigenvalue weighted by molar-refractivity contribution is 0.105. The van der Waals surface area contributed by atoms with Crippen LogP contribution in [0.2, 0.25) is 0 Å². The molecule has 0 aliphatic heterocycles. The van der Waals surface area contributed by atoms with Crippen molar-refractivity contribution in [3.63, 3.8) is 0 Å². The summed E-state index contributed by atoms with van der Waals surface area (Å²) in [6.07, 6.45) is 2.54. The molecule has 0 aliphatic rings. The summed E-state index contributed by atoms with van der Waals surface area (Å²) in [5.74, 6) is -0.614. The smallest absolute Gasteiger partial charge is 0.242 e. The molecule has 6 heteroatoms. The summed E-state index contributed by atoms with van der Waals surface area (Å²) in [5.41, 5.74) is 0.422. The Labute approximate surface area is 90.9 Å². The van der Waals surface area contributed by atoms with Gasteiger partial charge in [0.2, 0.25) is 11.6 Å². The van der Waals surface area contributed by atoms with E-state index < -0.39 is 5.78 Å². The first-order valence-corrected chi connectivity index (χ1v) is 4.49. The number of benzene rings is 1. The average Bonchev–Trinajstić information content (AvgIpc) is 2.85. The molecule has 0 unspecified atom stereocenters. The van der Waals surface area contributed by atoms with Crippen LogP contribution in [0.5, 0.6) is 0 Å². The van der Waals surface area contributed by atoms with Crippen LogP contribution in [0.25, 0.3) is 0 Å². The first-order chi connectivity index (χ1) is 7.83. The highest BCUT2D eigenvalue weighted by Gasteiger charge is 2.16. The molecule has 0 atom stereocenters. The molecule has 0 fully saturated rings. The van der Waals surface area contributed by atoms with Crippen LogP contribution < -0.4 is 0 Å². The summed E-state index contributed by atoms with van der Waals surface area (Å²) in [4.78, 5) is 15.6. The lowest BCUT2D eigenvalue weighted by atomic mass is 10.1. The molecule has 1 aromatic heterocycles. The summed E-state index contributed by atoms with van der Waals surface area (Å²) in [5, 5.41) is 15.5. The number of nitrogens with zero attached hydrogens (tertiary/aromatic N) is 4. The number of oxime groups is 1. The van der Waals surface area contributed by atoms with Crippen molar-refractivity contribution in [2.75, 3.05) is 0 Å². The Morgan fingerprint density at radius 3 is 2.62 bits per heavy atom. The van der Waals surface area contributed by atoms with Crippen LogP contribution in [0.1, 0.15) is 10.4 Å². The van der Waals surface area contributed by atoms with Crippen molar-refractivity contribution in [3.05, 3.63) is 48.5 Å². The number of rotatable bonds is 2. The Kier molecular flexibility index (Phi) is 2.73. The number of Topliss-reactive ketones (excluding diaryl/α,β-unsaturated/α-hetero) is 1. The molecule has 2 aromatic rings. The van der Waals surface area contributed by atoms with Gasteiger partial charge in [-0.15, -0.1) is 0 Å². The van der Waals surface area contributed by atoms with Crippen LogP contribution in [0, 0.1) is 0 Å². The molecule has 1 aromatic carbocycles. The van der Waals surface area contributed by atoms with E-state index >= 15 is 0 Å². The second-order valence-corrected chi connectivity index (χ2v) is 2.96. The predicted octanol–water partition coefficient (Wildman–Crippen LogP) is 0.797. The lowest BCUT2D eigenvalue weighted by Crippen LogP contribution is -2.23. The van der Waals surface area contributed by atoms with E-state index in [9.17, 15) is 4.79 Å². The Morgan fingerprint density at radius 2 is 2.06 bits per heavy atom. The van der Waals surface area contributed by atoms with E-state index in [-0.39, 0.29) is 5.84 Å². The van der Waals surface area contributed by atoms with E-state index in [1.807, 2.05) is 0 Å². The van der Waals surface area contributed by atoms with Crippen LogP contribution in [0.3, 0.4) is 0 Å². The second kappa shape index (κ2) is 4.35. The molecule has 16 heavy (non-hydrogen) atoms. The molecule has 0 bridgehead atoms. The van der Waals surface area contributed by atoms with Crippen molar-refractivity contribution in [2.24, 2.45) is 5.16 Å². The number of hydrogen-bond donors (Lipinski definition) is 1. The van der Waals surface area contributed by atoms with Crippen molar-refractivity contribution < 1.29 is 10.0 Å². The fraction of sp³-hybridized carbons (Fsp3) is 0. The van der Waals surface area contributed by atoms with E-state index in [4.69, 9.17) is 5.21 Å². The largest absolute Gasteiger partial charge is 0.409 e. The van der Waals surface area contributed by atoms with Crippen LogP contribution in [0.4, 0.5) is 0 Å². The Hall–Kier alpha value is -2.50. The number of carbonyl (C=O) groups excluding carboxylic acids is 1. The summed E-state index contributed by atoms with van der Waals surface area (Å²) < 4.78 is 1.11. The Morgan fingerprint density at radius 1 is 1.31 bits per heavy atom. The van der Waals surface area contributed by atoms with Gasteiger partial charge in [0.15, 0.2) is 0 Å². The minimum absolute atomic E-state index is 0.191. The fourth-order valence-corrected chi connectivity index (χ4v) is 1.23. The SMILES string of the molecule is O=C(/C(=N\O)n1cncn1)c1ccccc1. The molecule has 2 rings (SSSR count). The molecular weight excluding hydrogens is 208 g/mol. The summed E-state index contributed by atoms with van der Waals surface area (Å²) >= 11 is 0. The fourth-order valence-electron chi connectivity index (χ4n) is 1.23. The van der Waals surface area contributed by atoms with Gasteiger partial charge in [-0.2, -0.15) is 9.78 Å². The first-order valence-electron chi connectivity index (χ1n) is 4.49. The van der Waals surface area contributed by atoms with Crippen molar-refractivity contribution in [2.45, 2.75) is 0 Å². The molecule has 0 saturated heterocycles.